The van der Waals surface area contributed by atoms with E-state index in [2.05, 4.69) is 6.92 Å². The smallest absolute Gasteiger partial charge is 0.251 e. The van der Waals surface area contributed by atoms with Crippen LogP contribution in [0.25, 0.3) is 0 Å². The fraction of sp³-hybridized carbons (Fsp3) is 0.933. The molecular formula is C15H29ClN2O3. The Kier molecular flexibility index (Phi) is 7.95. The normalized spacial score (nSPS) is 30.8. The van der Waals surface area contributed by atoms with E-state index in [-0.39, 0.29) is 30.5 Å². The van der Waals surface area contributed by atoms with Crippen molar-refractivity contribution in [2.45, 2.75) is 57.8 Å². The van der Waals surface area contributed by atoms with E-state index in [9.17, 15) is 4.79 Å². The second-order valence-electron chi connectivity index (χ2n) is 6.16. The highest BCUT2D eigenvalue weighted by Crippen LogP contribution is 2.23. The van der Waals surface area contributed by atoms with E-state index in [1.807, 2.05) is 11.8 Å². The molecule has 2 N–H and O–H groups in total. The number of piperidine rings is 1. The molecule has 0 saturated carbocycles. The Balaban J connectivity index is 0.00000220. The Morgan fingerprint density at radius 2 is 2.24 bits per heavy atom. The fourth-order valence-electron chi connectivity index (χ4n) is 3.10. The number of nitrogens with zero attached hydrogens (tertiary/aromatic N) is 1. The lowest BCUT2D eigenvalue weighted by Gasteiger charge is -2.39. The molecular weight excluding hydrogens is 292 g/mol. The van der Waals surface area contributed by atoms with Gasteiger partial charge < -0.3 is 20.1 Å². The zero-order chi connectivity index (χ0) is 14.5. The number of nitrogens with two attached hydrogens (primary N) is 1. The molecule has 0 radical (unpaired) electrons. The van der Waals surface area contributed by atoms with Crippen molar-refractivity contribution >= 4 is 18.3 Å². The van der Waals surface area contributed by atoms with Crippen LogP contribution in [0.15, 0.2) is 0 Å². The van der Waals surface area contributed by atoms with Gasteiger partial charge in [-0.1, -0.05) is 6.92 Å². The SMILES string of the molecule is CC1CCN(C(=O)C(C)OCC2CCCO2)C(CN)C1.Cl. The third kappa shape index (κ3) is 5.09. The number of halogens is 1. The molecule has 4 unspecified atom stereocenters. The number of hydrogen-bond donors (Lipinski definition) is 1. The molecule has 0 aromatic rings. The summed E-state index contributed by atoms with van der Waals surface area (Å²) in [5.74, 6) is 0.723. The van der Waals surface area contributed by atoms with Crippen LogP contribution in [0.3, 0.4) is 0 Å². The molecule has 6 heteroatoms. The Morgan fingerprint density at radius 3 is 2.86 bits per heavy atom. The van der Waals surface area contributed by atoms with Crippen LogP contribution in [0.2, 0.25) is 0 Å². The first-order valence-electron chi connectivity index (χ1n) is 7.85. The molecule has 5 nitrogen and oxygen atoms in total. The van der Waals surface area contributed by atoms with Crippen molar-refractivity contribution in [1.29, 1.82) is 0 Å². The lowest BCUT2D eigenvalue weighted by Crippen LogP contribution is -2.52. The van der Waals surface area contributed by atoms with Crippen LogP contribution in [0.5, 0.6) is 0 Å². The molecule has 2 rings (SSSR count). The molecule has 21 heavy (non-hydrogen) atoms. The first kappa shape index (κ1) is 18.7. The van der Waals surface area contributed by atoms with Gasteiger partial charge in [0.2, 0.25) is 0 Å². The molecule has 4 atom stereocenters. The van der Waals surface area contributed by atoms with Crippen molar-refractivity contribution < 1.29 is 14.3 Å². The third-order valence-electron chi connectivity index (χ3n) is 4.44. The predicted molar refractivity (Wildman–Crippen MR) is 84.6 cm³/mol. The van der Waals surface area contributed by atoms with Gasteiger partial charge in [0.15, 0.2) is 0 Å². The number of hydrogen-bond acceptors (Lipinski definition) is 4. The van der Waals surface area contributed by atoms with Crippen LogP contribution in [-0.4, -0.2) is 55.4 Å². The molecule has 2 aliphatic rings. The average molecular weight is 321 g/mol. The number of amides is 1. The van der Waals surface area contributed by atoms with Gasteiger partial charge in [-0.05, 0) is 38.5 Å². The Bertz CT molecular complexity index is 324. The summed E-state index contributed by atoms with van der Waals surface area (Å²) in [6.45, 7) is 6.73. The zero-order valence-corrected chi connectivity index (χ0v) is 13.9. The van der Waals surface area contributed by atoms with Gasteiger partial charge in [0.25, 0.3) is 5.91 Å². The van der Waals surface area contributed by atoms with Gasteiger partial charge in [-0.3, -0.25) is 4.79 Å². The molecule has 0 aromatic heterocycles. The van der Waals surface area contributed by atoms with Gasteiger partial charge in [0.1, 0.15) is 6.10 Å². The summed E-state index contributed by atoms with van der Waals surface area (Å²) in [5, 5.41) is 0. The molecule has 0 bridgehead atoms. The van der Waals surface area contributed by atoms with Gasteiger partial charge in [-0.2, -0.15) is 0 Å². The highest BCUT2D eigenvalue weighted by molar-refractivity contribution is 5.85. The Morgan fingerprint density at radius 1 is 1.48 bits per heavy atom. The van der Waals surface area contributed by atoms with Crippen LogP contribution in [-0.2, 0) is 14.3 Å². The Hall–Kier alpha value is -0.360. The van der Waals surface area contributed by atoms with Gasteiger partial charge in [0.05, 0.1) is 12.7 Å². The van der Waals surface area contributed by atoms with Crippen molar-refractivity contribution in [3.05, 3.63) is 0 Å². The Labute approximate surface area is 133 Å². The summed E-state index contributed by atoms with van der Waals surface area (Å²) in [6, 6.07) is 0.167. The van der Waals surface area contributed by atoms with E-state index in [0.717, 1.165) is 38.8 Å². The minimum Gasteiger partial charge on any atom is -0.376 e. The molecule has 0 aromatic carbocycles. The van der Waals surface area contributed by atoms with Gasteiger partial charge >= 0.3 is 0 Å². The minimum absolute atomic E-state index is 0. The standard InChI is InChI=1S/C15H28N2O3.ClH/c1-11-5-6-17(13(8-11)9-16)15(18)12(2)20-10-14-4-3-7-19-14;/h11-14H,3-10,16H2,1-2H3;1H. The highest BCUT2D eigenvalue weighted by atomic mass is 35.5. The number of rotatable bonds is 5. The lowest BCUT2D eigenvalue weighted by molar-refractivity contribution is -0.148. The summed E-state index contributed by atoms with van der Waals surface area (Å²) >= 11 is 0. The molecule has 2 aliphatic heterocycles. The van der Waals surface area contributed by atoms with Crippen LogP contribution in [0, 0.1) is 5.92 Å². The van der Waals surface area contributed by atoms with Crippen molar-refractivity contribution in [1.82, 2.24) is 4.90 Å². The predicted octanol–water partition coefficient (Wildman–Crippen LogP) is 1.58. The maximum atomic E-state index is 12.5. The number of carbonyl (C=O) groups is 1. The summed E-state index contributed by atoms with van der Waals surface area (Å²) in [6.07, 6.45) is 3.95. The average Bonchev–Trinajstić information content (AvgIpc) is 2.97. The van der Waals surface area contributed by atoms with Gasteiger partial charge in [0, 0.05) is 25.7 Å². The number of carbonyl (C=O) groups excluding carboxylic acids is 1. The molecule has 0 aliphatic carbocycles. The molecule has 124 valence electrons. The summed E-state index contributed by atoms with van der Waals surface area (Å²) < 4.78 is 11.2. The molecule has 0 spiro atoms. The van der Waals surface area contributed by atoms with E-state index < -0.39 is 6.10 Å². The summed E-state index contributed by atoms with van der Waals surface area (Å²) in [7, 11) is 0. The minimum atomic E-state index is -0.401. The summed E-state index contributed by atoms with van der Waals surface area (Å²) in [5.41, 5.74) is 5.81. The van der Waals surface area contributed by atoms with Crippen LogP contribution in [0.1, 0.15) is 39.5 Å². The van der Waals surface area contributed by atoms with Crippen molar-refractivity contribution in [3.63, 3.8) is 0 Å². The largest absolute Gasteiger partial charge is 0.376 e. The number of likely N-dealkylation sites (tertiary alicyclic amines) is 1. The lowest BCUT2D eigenvalue weighted by atomic mass is 9.92. The van der Waals surface area contributed by atoms with E-state index in [1.165, 1.54) is 0 Å². The fourth-order valence-corrected chi connectivity index (χ4v) is 3.10. The van der Waals surface area contributed by atoms with E-state index >= 15 is 0 Å². The molecule has 1 amide bonds. The maximum Gasteiger partial charge on any atom is 0.251 e. The first-order chi connectivity index (χ1) is 9.61. The van der Waals surface area contributed by atoms with E-state index in [1.54, 1.807) is 0 Å². The zero-order valence-electron chi connectivity index (χ0n) is 13.1. The second-order valence-corrected chi connectivity index (χ2v) is 6.16. The molecule has 2 heterocycles. The first-order valence-corrected chi connectivity index (χ1v) is 7.85. The topological polar surface area (TPSA) is 64.8 Å². The number of ether oxygens (including phenoxy) is 2. The molecule has 2 fully saturated rings. The van der Waals surface area contributed by atoms with Crippen LogP contribution < -0.4 is 5.73 Å². The van der Waals surface area contributed by atoms with Gasteiger partial charge in [-0.15, -0.1) is 12.4 Å². The van der Waals surface area contributed by atoms with Crippen LogP contribution >= 0.6 is 12.4 Å². The van der Waals surface area contributed by atoms with Crippen molar-refractivity contribution in [2.75, 3.05) is 26.3 Å². The van der Waals surface area contributed by atoms with Crippen molar-refractivity contribution in [2.24, 2.45) is 11.7 Å². The highest BCUT2D eigenvalue weighted by Gasteiger charge is 2.32. The monoisotopic (exact) mass is 320 g/mol. The van der Waals surface area contributed by atoms with E-state index in [0.29, 0.717) is 19.1 Å². The van der Waals surface area contributed by atoms with E-state index in [4.69, 9.17) is 15.2 Å². The third-order valence-corrected chi connectivity index (χ3v) is 4.44. The quantitative estimate of drug-likeness (QED) is 0.835. The maximum absolute atomic E-state index is 12.5. The second kappa shape index (κ2) is 8.93. The molecule has 2 saturated heterocycles. The van der Waals surface area contributed by atoms with Crippen molar-refractivity contribution in [3.8, 4) is 0 Å². The van der Waals surface area contributed by atoms with Gasteiger partial charge in [-0.25, -0.2) is 0 Å². The van der Waals surface area contributed by atoms with Crippen LogP contribution in [0.4, 0.5) is 0 Å². The summed E-state index contributed by atoms with van der Waals surface area (Å²) in [4.78, 5) is 14.4.